The molecule has 0 unspecified atom stereocenters. The average Bonchev–Trinajstić information content (AvgIpc) is 2.75. The van der Waals surface area contributed by atoms with Crippen LogP contribution in [-0.2, 0) is 35.1 Å². The van der Waals surface area contributed by atoms with E-state index in [0.717, 1.165) is 19.5 Å². The maximum Gasteiger partial charge on any atom is 0.308 e. The van der Waals surface area contributed by atoms with Crippen molar-refractivity contribution >= 4 is 40.7 Å². The number of benzene rings is 1. The van der Waals surface area contributed by atoms with E-state index in [0.29, 0.717) is 5.56 Å². The summed E-state index contributed by atoms with van der Waals surface area (Å²) in [4.78, 5) is 64.6. The van der Waals surface area contributed by atoms with E-state index in [-0.39, 0.29) is 41.9 Å². The van der Waals surface area contributed by atoms with Gasteiger partial charge in [-0.3, -0.25) is 24.0 Å². The number of carbonyl (C=O) groups excluding carboxylic acids is 5. The molecule has 190 valence electrons. The van der Waals surface area contributed by atoms with E-state index in [2.05, 4.69) is 0 Å². The summed E-state index contributed by atoms with van der Waals surface area (Å²) < 4.78 is 10.4. The summed E-state index contributed by atoms with van der Waals surface area (Å²) in [7, 11) is 3.61. The molecule has 3 atom stereocenters. The smallest absolute Gasteiger partial charge is 0.308 e. The Labute approximate surface area is 207 Å². The Morgan fingerprint density at radius 3 is 2.19 bits per heavy atom. The summed E-state index contributed by atoms with van der Waals surface area (Å²) in [6.07, 6.45) is 0.192. The first-order valence-corrected chi connectivity index (χ1v) is 11.5. The molecule has 3 aliphatic carbocycles. The van der Waals surface area contributed by atoms with Crippen molar-refractivity contribution in [2.45, 2.75) is 45.6 Å². The van der Waals surface area contributed by atoms with Crippen LogP contribution in [0.3, 0.4) is 0 Å². The van der Waals surface area contributed by atoms with Gasteiger partial charge < -0.3 is 24.6 Å². The van der Waals surface area contributed by atoms with Gasteiger partial charge >= 0.3 is 11.9 Å². The number of carbonyl (C=O) groups is 5. The number of anilines is 1. The van der Waals surface area contributed by atoms with Gasteiger partial charge in [0.2, 0.25) is 11.6 Å². The second-order valence-corrected chi connectivity index (χ2v) is 9.60. The first kappa shape index (κ1) is 25.3. The molecule has 36 heavy (non-hydrogen) atoms. The number of ketones is 3. The Morgan fingerprint density at radius 1 is 1.00 bits per heavy atom. The van der Waals surface area contributed by atoms with Gasteiger partial charge in [-0.25, -0.2) is 0 Å². The van der Waals surface area contributed by atoms with E-state index in [9.17, 15) is 34.2 Å². The second kappa shape index (κ2) is 8.70. The molecule has 10 nitrogen and oxygen atoms in total. The lowest BCUT2D eigenvalue weighted by atomic mass is 9.58. The normalized spacial score (nSPS) is 25.1. The molecule has 1 fully saturated rings. The highest BCUT2D eigenvalue weighted by atomic mass is 16.5. The van der Waals surface area contributed by atoms with Crippen LogP contribution in [-0.4, -0.2) is 59.2 Å². The van der Waals surface area contributed by atoms with E-state index >= 15 is 0 Å². The van der Waals surface area contributed by atoms with Gasteiger partial charge in [0.05, 0.1) is 5.56 Å². The van der Waals surface area contributed by atoms with Crippen LogP contribution < -0.4 is 9.64 Å². The fourth-order valence-electron chi connectivity index (χ4n) is 5.60. The van der Waals surface area contributed by atoms with Gasteiger partial charge in [0.25, 0.3) is 0 Å². The number of allylic oxidation sites excluding steroid dienone is 1. The van der Waals surface area contributed by atoms with E-state index in [1.165, 1.54) is 13.0 Å². The van der Waals surface area contributed by atoms with E-state index in [1.807, 2.05) is 4.90 Å². The minimum absolute atomic E-state index is 0.0462. The van der Waals surface area contributed by atoms with Gasteiger partial charge in [-0.15, -0.1) is 0 Å². The van der Waals surface area contributed by atoms with Crippen molar-refractivity contribution in [3.05, 3.63) is 40.2 Å². The van der Waals surface area contributed by atoms with Crippen molar-refractivity contribution in [2.24, 2.45) is 11.8 Å². The Hall–Kier alpha value is -3.79. The summed E-state index contributed by atoms with van der Waals surface area (Å²) in [5, 5.41) is 22.8. The molecule has 0 bridgehead atoms. The first-order chi connectivity index (χ1) is 16.8. The van der Waals surface area contributed by atoms with Crippen molar-refractivity contribution < 1.29 is 43.7 Å². The fourth-order valence-corrected chi connectivity index (χ4v) is 5.60. The van der Waals surface area contributed by atoms with Crippen molar-refractivity contribution in [1.29, 1.82) is 0 Å². The minimum Gasteiger partial charge on any atom is -0.507 e. The van der Waals surface area contributed by atoms with Crippen LogP contribution in [0.1, 0.15) is 44.7 Å². The third kappa shape index (κ3) is 3.72. The Morgan fingerprint density at radius 2 is 1.64 bits per heavy atom. The standard InChI is InChI=1S/C26H27NO9/c1-11(28)20-19(36-13(3)30)10-15-8-14-9-16-17(27(4)5)6-7-18(35-12(2)29)22(16)23(31)21(14)25(33)26(15,34)24(20)32/h6-7,14-15,31,34H,8-10H2,1-5H3/t14-,15+,26-/m1/s1. The largest absolute Gasteiger partial charge is 0.507 e. The number of rotatable bonds is 4. The summed E-state index contributed by atoms with van der Waals surface area (Å²) in [6, 6.07) is 3.24. The van der Waals surface area contributed by atoms with Crippen LogP contribution in [0.15, 0.2) is 29.0 Å². The molecule has 1 saturated carbocycles. The first-order valence-electron chi connectivity index (χ1n) is 11.5. The highest BCUT2D eigenvalue weighted by Crippen LogP contribution is 2.52. The molecular weight excluding hydrogens is 470 g/mol. The second-order valence-electron chi connectivity index (χ2n) is 9.60. The summed E-state index contributed by atoms with van der Waals surface area (Å²) >= 11 is 0. The summed E-state index contributed by atoms with van der Waals surface area (Å²) in [5.74, 6) is -6.43. The third-order valence-electron chi connectivity index (χ3n) is 6.99. The molecule has 2 N–H and O–H groups in total. The molecule has 10 heteroatoms. The maximum absolute atomic E-state index is 13.7. The zero-order valence-electron chi connectivity index (χ0n) is 20.6. The lowest BCUT2D eigenvalue weighted by Gasteiger charge is -2.46. The zero-order valence-corrected chi connectivity index (χ0v) is 20.6. The molecule has 0 spiro atoms. The molecule has 0 saturated heterocycles. The molecule has 0 amide bonds. The predicted octanol–water partition coefficient (Wildman–Crippen LogP) is 1.82. The lowest BCUT2D eigenvalue weighted by molar-refractivity contribution is -0.159. The monoisotopic (exact) mass is 497 g/mol. The zero-order chi connectivity index (χ0) is 26.7. The highest BCUT2D eigenvalue weighted by molar-refractivity contribution is 6.33. The third-order valence-corrected chi connectivity index (χ3v) is 6.99. The van der Waals surface area contributed by atoms with E-state index < -0.39 is 58.1 Å². The maximum atomic E-state index is 13.7. The molecule has 3 aliphatic rings. The quantitative estimate of drug-likeness (QED) is 0.273. The van der Waals surface area contributed by atoms with Crippen LogP contribution in [0.25, 0.3) is 5.76 Å². The Kier molecular flexibility index (Phi) is 6.12. The summed E-state index contributed by atoms with van der Waals surface area (Å²) in [5.41, 5.74) is -1.78. The molecule has 0 radical (unpaired) electrons. The van der Waals surface area contributed by atoms with Gasteiger partial charge in [-0.1, -0.05) is 0 Å². The Balaban J connectivity index is 1.91. The molecular formula is C26H27NO9. The number of Topliss-reactive ketones (excluding diaryl/α,β-unsaturated/α-hetero) is 3. The lowest BCUT2D eigenvalue weighted by Crippen LogP contribution is -2.61. The Bertz CT molecular complexity index is 1300. The molecule has 1 aromatic rings. The van der Waals surface area contributed by atoms with Crippen molar-refractivity contribution in [3.8, 4) is 5.75 Å². The van der Waals surface area contributed by atoms with E-state index in [4.69, 9.17) is 9.47 Å². The number of nitrogens with zero attached hydrogens (tertiary/aromatic N) is 1. The van der Waals surface area contributed by atoms with Crippen molar-refractivity contribution in [2.75, 3.05) is 19.0 Å². The molecule has 0 heterocycles. The van der Waals surface area contributed by atoms with Crippen molar-refractivity contribution in [1.82, 2.24) is 0 Å². The van der Waals surface area contributed by atoms with Crippen LogP contribution >= 0.6 is 0 Å². The van der Waals surface area contributed by atoms with Crippen LogP contribution in [0.2, 0.25) is 0 Å². The number of aliphatic hydroxyl groups excluding tert-OH is 1. The van der Waals surface area contributed by atoms with Gasteiger partial charge in [0.1, 0.15) is 22.8 Å². The minimum atomic E-state index is -2.61. The molecule has 1 aromatic carbocycles. The number of aliphatic hydroxyl groups is 2. The van der Waals surface area contributed by atoms with Gasteiger partial charge in [-0.2, -0.15) is 0 Å². The van der Waals surface area contributed by atoms with Gasteiger partial charge in [0.15, 0.2) is 11.4 Å². The van der Waals surface area contributed by atoms with Crippen molar-refractivity contribution in [3.63, 3.8) is 0 Å². The number of hydrogen-bond donors (Lipinski definition) is 2. The van der Waals surface area contributed by atoms with Crippen LogP contribution in [0.5, 0.6) is 5.75 Å². The number of hydrogen-bond acceptors (Lipinski definition) is 10. The fraction of sp³-hybridized carbons (Fsp3) is 0.423. The SMILES string of the molecule is CC(=O)OC1=C(C(C)=O)C(=O)[C@@]2(O)C(=O)C3=C(O)c4c(OC(C)=O)ccc(N(C)C)c4C[C@H]3C[C@H]2C1. The van der Waals surface area contributed by atoms with Gasteiger partial charge in [0, 0.05) is 51.5 Å². The van der Waals surface area contributed by atoms with E-state index in [1.54, 1.807) is 20.2 Å². The summed E-state index contributed by atoms with van der Waals surface area (Å²) in [6.45, 7) is 3.42. The van der Waals surface area contributed by atoms with Crippen LogP contribution in [0, 0.1) is 11.8 Å². The highest BCUT2D eigenvalue weighted by Gasteiger charge is 2.61. The van der Waals surface area contributed by atoms with Crippen LogP contribution in [0.4, 0.5) is 5.69 Å². The number of ether oxygens (including phenoxy) is 2. The topological polar surface area (TPSA) is 148 Å². The molecule has 0 aromatic heterocycles. The number of fused-ring (bicyclic) bond motifs is 3. The predicted molar refractivity (Wildman–Crippen MR) is 126 cm³/mol. The average molecular weight is 498 g/mol. The molecule has 0 aliphatic heterocycles. The molecule has 4 rings (SSSR count). The van der Waals surface area contributed by atoms with Gasteiger partial charge in [-0.05, 0) is 43.4 Å². The number of esters is 2.